The lowest BCUT2D eigenvalue weighted by atomic mass is 10.2. The number of aromatic nitrogens is 1. The van der Waals surface area contributed by atoms with Crippen LogP contribution in [-0.4, -0.2) is 44.9 Å². The Kier molecular flexibility index (Phi) is 10.9. The van der Waals surface area contributed by atoms with E-state index in [1.54, 1.807) is 37.6 Å². The average Bonchev–Trinajstić information content (AvgIpc) is 2.68. The predicted octanol–water partition coefficient (Wildman–Crippen LogP) is 3.05. The van der Waals surface area contributed by atoms with E-state index in [4.69, 9.17) is 9.47 Å². The maximum Gasteiger partial charge on any atom is 0.387 e. The van der Waals surface area contributed by atoms with E-state index >= 15 is 0 Å². The molecule has 0 spiro atoms. The molecule has 28 heavy (non-hydrogen) atoms. The lowest BCUT2D eigenvalue weighted by Crippen LogP contribution is -2.39. The zero-order valence-corrected chi connectivity index (χ0v) is 17.9. The summed E-state index contributed by atoms with van der Waals surface area (Å²) in [6.07, 6.45) is 3.29. The van der Waals surface area contributed by atoms with E-state index in [1.165, 1.54) is 13.2 Å². The van der Waals surface area contributed by atoms with E-state index in [-0.39, 0.29) is 36.3 Å². The van der Waals surface area contributed by atoms with Crippen LogP contribution in [-0.2, 0) is 6.54 Å². The van der Waals surface area contributed by atoms with Gasteiger partial charge in [-0.1, -0.05) is 0 Å². The van der Waals surface area contributed by atoms with Crippen LogP contribution in [0.5, 0.6) is 17.2 Å². The van der Waals surface area contributed by atoms with Gasteiger partial charge in [-0.3, -0.25) is 9.98 Å². The number of aliphatic imine (C=N–C) groups is 1. The molecule has 0 amide bonds. The van der Waals surface area contributed by atoms with Gasteiger partial charge in [0.2, 0.25) is 0 Å². The second-order valence-corrected chi connectivity index (χ2v) is 5.24. The Hall–Kier alpha value is -2.37. The van der Waals surface area contributed by atoms with Crippen molar-refractivity contribution in [3.05, 3.63) is 48.3 Å². The number of nitrogens with zero attached hydrogens (tertiary/aromatic N) is 2. The number of rotatable bonds is 9. The fourth-order valence-corrected chi connectivity index (χ4v) is 2.20. The number of hydrogen-bond donors (Lipinski definition) is 2. The fraction of sp³-hybridized carbons (Fsp3) is 0.333. The molecule has 1 aromatic heterocycles. The summed E-state index contributed by atoms with van der Waals surface area (Å²) >= 11 is 0. The van der Waals surface area contributed by atoms with Gasteiger partial charge in [-0.25, -0.2) is 0 Å². The normalized spacial score (nSPS) is 10.8. The highest BCUT2D eigenvalue weighted by Gasteiger charge is 2.11. The summed E-state index contributed by atoms with van der Waals surface area (Å²) in [5.41, 5.74) is 0.518. The molecule has 154 valence electrons. The first kappa shape index (κ1) is 23.7. The second kappa shape index (κ2) is 12.9. The molecule has 2 N–H and O–H groups in total. The molecule has 10 heteroatoms. The summed E-state index contributed by atoms with van der Waals surface area (Å²) in [6.45, 7) is -1.78. The van der Waals surface area contributed by atoms with Gasteiger partial charge in [0.05, 0.1) is 19.9 Å². The largest absolute Gasteiger partial charge is 0.497 e. The molecule has 0 aliphatic rings. The van der Waals surface area contributed by atoms with Gasteiger partial charge >= 0.3 is 6.61 Å². The Bertz CT molecular complexity index is 736. The van der Waals surface area contributed by atoms with Crippen LogP contribution in [0.4, 0.5) is 8.78 Å². The number of nitrogens with one attached hydrogen (secondary N) is 2. The molecular weight excluding hydrogens is 485 g/mol. The van der Waals surface area contributed by atoms with Crippen LogP contribution < -0.4 is 24.8 Å². The van der Waals surface area contributed by atoms with Crippen LogP contribution in [0.15, 0.2) is 47.7 Å². The first-order valence-corrected chi connectivity index (χ1v) is 8.21. The molecule has 1 heterocycles. The van der Waals surface area contributed by atoms with Crippen molar-refractivity contribution in [1.29, 1.82) is 0 Å². The third-order valence-electron chi connectivity index (χ3n) is 3.45. The molecule has 0 bridgehead atoms. The van der Waals surface area contributed by atoms with Crippen molar-refractivity contribution in [3.63, 3.8) is 0 Å². The lowest BCUT2D eigenvalue weighted by molar-refractivity contribution is -0.0504. The Labute approximate surface area is 179 Å². The zero-order valence-electron chi connectivity index (χ0n) is 15.5. The van der Waals surface area contributed by atoms with E-state index in [0.717, 1.165) is 0 Å². The quantitative estimate of drug-likeness (QED) is 0.235. The number of benzene rings is 1. The van der Waals surface area contributed by atoms with Gasteiger partial charge in [0.25, 0.3) is 0 Å². The summed E-state index contributed by atoms with van der Waals surface area (Å²) in [7, 11) is 3.11. The first-order chi connectivity index (χ1) is 13.1. The van der Waals surface area contributed by atoms with Gasteiger partial charge in [-0.2, -0.15) is 8.78 Å². The molecule has 7 nitrogen and oxygen atoms in total. The van der Waals surface area contributed by atoms with Gasteiger partial charge in [0.15, 0.2) is 5.96 Å². The van der Waals surface area contributed by atoms with E-state index in [9.17, 15) is 8.78 Å². The maximum absolute atomic E-state index is 12.6. The van der Waals surface area contributed by atoms with Crippen LogP contribution in [0.1, 0.15) is 5.56 Å². The minimum Gasteiger partial charge on any atom is -0.497 e. The maximum atomic E-state index is 12.6. The molecule has 1 aromatic carbocycles. The molecule has 0 fully saturated rings. The standard InChI is InChI=1S/C18H22F2N4O3.HI/c1-21-18(23-8-9-26-15-4-3-7-22-12-15)24-11-13-10-14(25-2)5-6-16(13)27-17(19)20;/h3-7,10,12,17H,8-9,11H2,1-2H3,(H2,21,23,24);1H. The minimum absolute atomic E-state index is 0. The molecule has 0 radical (unpaired) electrons. The SMILES string of the molecule is CN=C(NCCOc1cccnc1)NCc1cc(OC)ccc1OC(F)F.I. The van der Waals surface area contributed by atoms with Gasteiger partial charge in [0.1, 0.15) is 23.9 Å². The van der Waals surface area contributed by atoms with E-state index in [2.05, 4.69) is 25.3 Å². The molecule has 0 aliphatic carbocycles. The molecule has 0 saturated heterocycles. The molecule has 0 unspecified atom stereocenters. The molecule has 0 saturated carbocycles. The van der Waals surface area contributed by atoms with Crippen molar-refractivity contribution in [3.8, 4) is 17.2 Å². The highest BCUT2D eigenvalue weighted by Crippen LogP contribution is 2.25. The minimum atomic E-state index is -2.90. The summed E-state index contributed by atoms with van der Waals surface area (Å²) in [5.74, 6) is 1.79. The average molecular weight is 508 g/mol. The zero-order chi connectivity index (χ0) is 19.5. The van der Waals surface area contributed by atoms with E-state index in [0.29, 0.717) is 36.2 Å². The highest BCUT2D eigenvalue weighted by molar-refractivity contribution is 14.0. The van der Waals surface area contributed by atoms with Gasteiger partial charge in [0, 0.05) is 25.4 Å². The predicted molar refractivity (Wildman–Crippen MR) is 113 cm³/mol. The fourth-order valence-electron chi connectivity index (χ4n) is 2.20. The third-order valence-corrected chi connectivity index (χ3v) is 3.45. The van der Waals surface area contributed by atoms with Crippen molar-refractivity contribution in [1.82, 2.24) is 15.6 Å². The topological polar surface area (TPSA) is 77.0 Å². The second-order valence-electron chi connectivity index (χ2n) is 5.24. The van der Waals surface area contributed by atoms with Crippen LogP contribution in [0.3, 0.4) is 0 Å². The van der Waals surface area contributed by atoms with Crippen molar-refractivity contribution in [2.75, 3.05) is 27.3 Å². The monoisotopic (exact) mass is 508 g/mol. The smallest absolute Gasteiger partial charge is 0.387 e. The Morgan fingerprint density at radius 3 is 2.68 bits per heavy atom. The third kappa shape index (κ3) is 8.11. The summed E-state index contributed by atoms with van der Waals surface area (Å²) in [6, 6.07) is 8.23. The van der Waals surface area contributed by atoms with Gasteiger partial charge in [-0.05, 0) is 30.3 Å². The van der Waals surface area contributed by atoms with Crippen molar-refractivity contribution >= 4 is 29.9 Å². The Morgan fingerprint density at radius 1 is 1.21 bits per heavy atom. The van der Waals surface area contributed by atoms with Crippen LogP contribution in [0.2, 0.25) is 0 Å². The highest BCUT2D eigenvalue weighted by atomic mass is 127. The van der Waals surface area contributed by atoms with Crippen LogP contribution >= 0.6 is 24.0 Å². The molecular formula is C18H23F2IN4O3. The number of alkyl halides is 2. The number of halogens is 3. The van der Waals surface area contributed by atoms with Gasteiger partial charge < -0.3 is 24.8 Å². The Morgan fingerprint density at radius 2 is 2.04 bits per heavy atom. The van der Waals surface area contributed by atoms with Crippen molar-refractivity contribution in [2.45, 2.75) is 13.2 Å². The summed E-state index contributed by atoms with van der Waals surface area (Å²) in [4.78, 5) is 8.05. The lowest BCUT2D eigenvalue weighted by Gasteiger charge is -2.15. The summed E-state index contributed by atoms with van der Waals surface area (Å²) < 4.78 is 40.3. The number of pyridine rings is 1. The van der Waals surface area contributed by atoms with Gasteiger partial charge in [-0.15, -0.1) is 24.0 Å². The molecule has 2 rings (SSSR count). The van der Waals surface area contributed by atoms with Crippen molar-refractivity contribution in [2.24, 2.45) is 4.99 Å². The molecule has 2 aromatic rings. The first-order valence-electron chi connectivity index (χ1n) is 8.21. The van der Waals surface area contributed by atoms with E-state index < -0.39 is 6.61 Å². The number of hydrogen-bond acceptors (Lipinski definition) is 5. The Balaban J connectivity index is 0.00000392. The molecule has 0 aliphatic heterocycles. The van der Waals surface area contributed by atoms with Crippen molar-refractivity contribution < 1.29 is 23.0 Å². The number of methoxy groups -OCH3 is 1. The number of guanidine groups is 1. The van der Waals surface area contributed by atoms with Crippen LogP contribution in [0.25, 0.3) is 0 Å². The van der Waals surface area contributed by atoms with Crippen LogP contribution in [0, 0.1) is 0 Å². The molecule has 0 atom stereocenters. The van der Waals surface area contributed by atoms with E-state index in [1.807, 2.05) is 6.07 Å². The summed E-state index contributed by atoms with van der Waals surface area (Å²) in [5, 5.41) is 6.11. The number of ether oxygens (including phenoxy) is 3.